The van der Waals surface area contributed by atoms with Gasteiger partial charge in [0, 0.05) is 17.1 Å². The number of nitrogens with one attached hydrogen (secondary N) is 2. The summed E-state index contributed by atoms with van der Waals surface area (Å²) in [7, 11) is 1.57. The predicted molar refractivity (Wildman–Crippen MR) is 107 cm³/mol. The van der Waals surface area contributed by atoms with Crippen LogP contribution in [0.5, 0.6) is 5.75 Å². The molecule has 144 valence electrons. The molecule has 27 heavy (non-hydrogen) atoms. The summed E-state index contributed by atoms with van der Waals surface area (Å²) in [6, 6.07) is 13.4. The molecule has 0 aliphatic heterocycles. The summed E-state index contributed by atoms with van der Waals surface area (Å²) in [5, 5.41) is 6.39. The van der Waals surface area contributed by atoms with Crippen LogP contribution in [0.1, 0.15) is 36.2 Å². The number of amides is 2. The number of ether oxygens (including phenoxy) is 1. The van der Waals surface area contributed by atoms with Crippen molar-refractivity contribution in [3.05, 3.63) is 64.7 Å². The molecule has 0 spiro atoms. The van der Waals surface area contributed by atoms with Crippen LogP contribution in [-0.2, 0) is 11.3 Å². The lowest BCUT2D eigenvalue weighted by Crippen LogP contribution is -2.50. The van der Waals surface area contributed by atoms with E-state index in [-0.39, 0.29) is 17.7 Å². The van der Waals surface area contributed by atoms with E-state index in [1.165, 1.54) is 0 Å². The van der Waals surface area contributed by atoms with E-state index in [1.807, 2.05) is 26.0 Å². The van der Waals surface area contributed by atoms with E-state index in [4.69, 9.17) is 16.3 Å². The second-order valence-corrected chi connectivity index (χ2v) is 6.85. The number of rotatable bonds is 8. The van der Waals surface area contributed by atoms with Gasteiger partial charge in [0.1, 0.15) is 11.8 Å². The number of hydrogen-bond donors (Lipinski definition) is 2. The third-order valence-electron chi connectivity index (χ3n) is 4.51. The highest BCUT2D eigenvalue weighted by molar-refractivity contribution is 6.30. The topological polar surface area (TPSA) is 67.4 Å². The largest absolute Gasteiger partial charge is 0.497 e. The van der Waals surface area contributed by atoms with E-state index in [0.29, 0.717) is 22.9 Å². The molecule has 2 aromatic carbocycles. The summed E-state index contributed by atoms with van der Waals surface area (Å²) in [4.78, 5) is 25.2. The molecule has 6 heteroatoms. The minimum Gasteiger partial charge on any atom is -0.497 e. The zero-order chi connectivity index (χ0) is 19.8. The van der Waals surface area contributed by atoms with Crippen molar-refractivity contribution in [2.75, 3.05) is 7.11 Å². The highest BCUT2D eigenvalue weighted by atomic mass is 35.5. The Kier molecular flexibility index (Phi) is 7.67. The summed E-state index contributed by atoms with van der Waals surface area (Å²) in [5.74, 6) is 0.175. The van der Waals surface area contributed by atoms with Gasteiger partial charge < -0.3 is 15.4 Å². The van der Waals surface area contributed by atoms with Crippen LogP contribution in [0.3, 0.4) is 0 Å². The molecule has 0 aliphatic carbocycles. The Morgan fingerprint density at radius 2 is 1.70 bits per heavy atom. The zero-order valence-electron chi connectivity index (χ0n) is 15.8. The Bertz CT molecular complexity index is 760. The Hall–Kier alpha value is -2.53. The third kappa shape index (κ3) is 6.00. The maximum atomic E-state index is 12.7. The van der Waals surface area contributed by atoms with Gasteiger partial charge in [0.2, 0.25) is 5.91 Å². The minimum absolute atomic E-state index is 0.00239. The lowest BCUT2D eigenvalue weighted by molar-refractivity contribution is -0.124. The van der Waals surface area contributed by atoms with Gasteiger partial charge >= 0.3 is 0 Å². The quantitative estimate of drug-likeness (QED) is 0.722. The minimum atomic E-state index is -0.614. The summed E-state index contributed by atoms with van der Waals surface area (Å²) in [5.41, 5.74) is 1.42. The average Bonchev–Trinajstić information content (AvgIpc) is 2.70. The monoisotopic (exact) mass is 388 g/mol. The Balaban J connectivity index is 2.03. The number of carbonyl (C=O) groups excluding carboxylic acids is 2. The molecule has 0 aromatic heterocycles. The van der Waals surface area contributed by atoms with E-state index < -0.39 is 6.04 Å². The van der Waals surface area contributed by atoms with Crippen LogP contribution in [0.15, 0.2) is 48.5 Å². The van der Waals surface area contributed by atoms with Crippen molar-refractivity contribution >= 4 is 23.4 Å². The first-order valence-electron chi connectivity index (χ1n) is 8.91. The van der Waals surface area contributed by atoms with E-state index in [2.05, 4.69) is 10.6 Å². The van der Waals surface area contributed by atoms with Crippen LogP contribution in [0, 0.1) is 5.92 Å². The molecule has 2 rings (SSSR count). The number of methoxy groups -OCH3 is 1. The molecule has 2 atom stereocenters. The van der Waals surface area contributed by atoms with Crippen LogP contribution >= 0.6 is 11.6 Å². The van der Waals surface area contributed by atoms with Crippen LogP contribution in [0.2, 0.25) is 5.02 Å². The summed E-state index contributed by atoms with van der Waals surface area (Å²) < 4.78 is 5.10. The molecule has 0 saturated carbocycles. The average molecular weight is 389 g/mol. The van der Waals surface area contributed by atoms with E-state index in [0.717, 1.165) is 12.0 Å². The van der Waals surface area contributed by atoms with E-state index >= 15 is 0 Å². The fourth-order valence-electron chi connectivity index (χ4n) is 2.57. The first-order valence-corrected chi connectivity index (χ1v) is 9.29. The molecule has 2 amide bonds. The summed E-state index contributed by atoms with van der Waals surface area (Å²) in [6.45, 7) is 4.31. The molecular formula is C21H25ClN2O3. The van der Waals surface area contributed by atoms with Crippen molar-refractivity contribution in [2.45, 2.75) is 32.9 Å². The molecule has 0 unspecified atom stereocenters. The molecule has 0 saturated heterocycles. The fourth-order valence-corrected chi connectivity index (χ4v) is 2.70. The number of carbonyl (C=O) groups is 2. The smallest absolute Gasteiger partial charge is 0.251 e. The van der Waals surface area contributed by atoms with Crippen LogP contribution in [0.25, 0.3) is 0 Å². The highest BCUT2D eigenvalue weighted by Crippen LogP contribution is 2.14. The van der Waals surface area contributed by atoms with Gasteiger partial charge in [-0.2, -0.15) is 0 Å². The van der Waals surface area contributed by atoms with Crippen molar-refractivity contribution in [1.29, 1.82) is 0 Å². The lowest BCUT2D eigenvalue weighted by atomic mass is 9.97. The number of halogens is 1. The van der Waals surface area contributed by atoms with Crippen molar-refractivity contribution < 1.29 is 14.3 Å². The van der Waals surface area contributed by atoms with Gasteiger partial charge in [-0.3, -0.25) is 9.59 Å². The maximum Gasteiger partial charge on any atom is 0.251 e. The number of hydrogen-bond acceptors (Lipinski definition) is 3. The molecule has 0 bridgehead atoms. The van der Waals surface area contributed by atoms with Gasteiger partial charge in [0.15, 0.2) is 0 Å². The standard InChI is InChI=1S/C21H25ClN2O3/c1-4-14(2)19(21(26)23-13-15-5-9-17(22)10-6-15)24-20(25)16-7-11-18(27-3)12-8-16/h5-12,14,19H,4,13H2,1-3H3,(H,23,26)(H,24,25)/t14-,19-/m0/s1. The van der Waals surface area contributed by atoms with Crippen molar-refractivity contribution in [1.82, 2.24) is 10.6 Å². The summed E-state index contributed by atoms with van der Waals surface area (Å²) in [6.07, 6.45) is 0.766. The Labute approximate surface area is 165 Å². The normalized spacial score (nSPS) is 12.7. The maximum absolute atomic E-state index is 12.7. The van der Waals surface area contributed by atoms with Gasteiger partial charge in [-0.05, 0) is 47.9 Å². The lowest BCUT2D eigenvalue weighted by Gasteiger charge is -2.23. The number of benzene rings is 2. The predicted octanol–water partition coefficient (Wildman–Crippen LogP) is 3.81. The van der Waals surface area contributed by atoms with Gasteiger partial charge in [-0.15, -0.1) is 0 Å². The van der Waals surface area contributed by atoms with Gasteiger partial charge in [-0.1, -0.05) is 44.0 Å². The first-order chi connectivity index (χ1) is 12.9. The van der Waals surface area contributed by atoms with E-state index in [9.17, 15) is 9.59 Å². The van der Waals surface area contributed by atoms with Crippen molar-refractivity contribution in [3.8, 4) is 5.75 Å². The van der Waals surface area contributed by atoms with Crippen LogP contribution < -0.4 is 15.4 Å². The molecule has 0 heterocycles. The Morgan fingerprint density at radius 3 is 2.26 bits per heavy atom. The molecule has 0 aliphatic rings. The van der Waals surface area contributed by atoms with Gasteiger partial charge in [0.25, 0.3) is 5.91 Å². The zero-order valence-corrected chi connectivity index (χ0v) is 16.5. The first kappa shape index (κ1) is 20.8. The molecule has 2 N–H and O–H groups in total. The molecular weight excluding hydrogens is 364 g/mol. The second-order valence-electron chi connectivity index (χ2n) is 6.41. The van der Waals surface area contributed by atoms with Crippen LogP contribution in [0.4, 0.5) is 0 Å². The summed E-state index contributed by atoms with van der Waals surface area (Å²) >= 11 is 5.88. The van der Waals surface area contributed by atoms with Crippen LogP contribution in [-0.4, -0.2) is 25.0 Å². The fraction of sp³-hybridized carbons (Fsp3) is 0.333. The third-order valence-corrected chi connectivity index (χ3v) is 4.77. The van der Waals surface area contributed by atoms with Crippen molar-refractivity contribution in [3.63, 3.8) is 0 Å². The molecule has 0 fully saturated rings. The molecule has 5 nitrogen and oxygen atoms in total. The van der Waals surface area contributed by atoms with E-state index in [1.54, 1.807) is 43.5 Å². The van der Waals surface area contributed by atoms with Crippen molar-refractivity contribution in [2.24, 2.45) is 5.92 Å². The molecule has 0 radical (unpaired) electrons. The molecule has 2 aromatic rings. The van der Waals surface area contributed by atoms with Gasteiger partial charge in [0.05, 0.1) is 7.11 Å². The second kappa shape index (κ2) is 9.97. The SMILES string of the molecule is CC[C@H](C)[C@H](NC(=O)c1ccc(OC)cc1)C(=O)NCc1ccc(Cl)cc1. The Morgan fingerprint density at radius 1 is 1.07 bits per heavy atom. The highest BCUT2D eigenvalue weighted by Gasteiger charge is 2.26. The van der Waals surface area contributed by atoms with Gasteiger partial charge in [-0.25, -0.2) is 0 Å².